The summed E-state index contributed by atoms with van der Waals surface area (Å²) in [5.74, 6) is -0.508. The van der Waals surface area contributed by atoms with E-state index in [2.05, 4.69) is 27.6 Å². The van der Waals surface area contributed by atoms with Crippen LogP contribution in [0.2, 0.25) is 5.15 Å². The molecule has 8 nitrogen and oxygen atoms in total. The summed E-state index contributed by atoms with van der Waals surface area (Å²) in [6, 6.07) is 6.89. The molecule has 1 aromatic carbocycles. The molecule has 0 atom stereocenters. The highest BCUT2D eigenvalue weighted by atomic mass is 35.5. The molecule has 1 amide bonds. The molecule has 29 heavy (non-hydrogen) atoms. The van der Waals surface area contributed by atoms with Crippen molar-refractivity contribution in [3.05, 3.63) is 56.7 Å². The molecule has 3 aromatic rings. The van der Waals surface area contributed by atoms with Crippen molar-refractivity contribution in [1.29, 1.82) is 0 Å². The summed E-state index contributed by atoms with van der Waals surface area (Å²) in [7, 11) is 0. The van der Waals surface area contributed by atoms with Gasteiger partial charge in [-0.05, 0) is 26.3 Å². The molecule has 3 rings (SSSR count). The van der Waals surface area contributed by atoms with E-state index >= 15 is 0 Å². The van der Waals surface area contributed by atoms with Gasteiger partial charge in [0.25, 0.3) is 11.5 Å². The molecule has 0 radical (unpaired) electrons. The quantitative estimate of drug-likeness (QED) is 0.474. The van der Waals surface area contributed by atoms with Crippen LogP contribution in [0.4, 0.5) is 0 Å². The Morgan fingerprint density at radius 2 is 1.93 bits per heavy atom. The predicted molar refractivity (Wildman–Crippen MR) is 114 cm³/mol. The van der Waals surface area contributed by atoms with Crippen LogP contribution in [0.5, 0.6) is 0 Å². The van der Waals surface area contributed by atoms with Crippen molar-refractivity contribution in [2.45, 2.75) is 46.7 Å². The lowest BCUT2D eigenvalue weighted by Gasteiger charge is -2.08. The number of hydrogen-bond donors (Lipinski definition) is 1. The van der Waals surface area contributed by atoms with E-state index in [-0.39, 0.29) is 11.3 Å². The van der Waals surface area contributed by atoms with Crippen LogP contribution in [0.25, 0.3) is 10.8 Å². The molecule has 0 fully saturated rings. The molecule has 2 heterocycles. The summed E-state index contributed by atoms with van der Waals surface area (Å²) in [4.78, 5) is 25.1. The minimum Gasteiger partial charge on any atom is -0.267 e. The van der Waals surface area contributed by atoms with Gasteiger partial charge in [0.1, 0.15) is 5.15 Å². The van der Waals surface area contributed by atoms with Gasteiger partial charge >= 0.3 is 0 Å². The minimum absolute atomic E-state index is 0.139. The molecule has 0 aliphatic carbocycles. The Balaban J connectivity index is 1.86. The molecule has 0 saturated carbocycles. The number of carbonyl (C=O) groups is 1. The van der Waals surface area contributed by atoms with Gasteiger partial charge < -0.3 is 0 Å². The first kappa shape index (κ1) is 20.7. The fourth-order valence-electron chi connectivity index (χ4n) is 3.00. The topological polar surface area (TPSA) is 94.2 Å². The van der Waals surface area contributed by atoms with Crippen LogP contribution in [0.1, 0.15) is 48.4 Å². The van der Waals surface area contributed by atoms with E-state index in [1.807, 2.05) is 6.92 Å². The molecule has 0 aliphatic rings. The number of hydrogen-bond acceptors (Lipinski definition) is 5. The Labute approximate surface area is 173 Å². The molecule has 2 aromatic heterocycles. The Morgan fingerprint density at radius 1 is 1.21 bits per heavy atom. The van der Waals surface area contributed by atoms with Gasteiger partial charge in [-0.3, -0.25) is 14.3 Å². The molecular weight excluding hydrogens is 392 g/mol. The van der Waals surface area contributed by atoms with Gasteiger partial charge in [-0.15, -0.1) is 0 Å². The smallest absolute Gasteiger partial charge is 0.267 e. The molecule has 0 bridgehead atoms. The monoisotopic (exact) mass is 414 g/mol. The van der Waals surface area contributed by atoms with Gasteiger partial charge in [-0.2, -0.15) is 15.3 Å². The maximum absolute atomic E-state index is 12.7. The van der Waals surface area contributed by atoms with Crippen molar-refractivity contribution in [2.24, 2.45) is 5.10 Å². The molecule has 0 spiro atoms. The first-order valence-corrected chi connectivity index (χ1v) is 9.91. The second-order valence-electron chi connectivity index (χ2n) is 6.58. The summed E-state index contributed by atoms with van der Waals surface area (Å²) in [6.45, 7) is 6.82. The summed E-state index contributed by atoms with van der Waals surface area (Å²) in [6.07, 6.45) is 3.48. The number of nitrogens with one attached hydrogen (secondary N) is 1. The van der Waals surface area contributed by atoms with Gasteiger partial charge in [0, 0.05) is 18.5 Å². The van der Waals surface area contributed by atoms with Crippen molar-refractivity contribution in [1.82, 2.24) is 25.0 Å². The van der Waals surface area contributed by atoms with E-state index < -0.39 is 5.91 Å². The van der Waals surface area contributed by atoms with E-state index in [0.29, 0.717) is 28.0 Å². The number of fused-ring (bicyclic) bond motifs is 1. The van der Waals surface area contributed by atoms with Gasteiger partial charge in [-0.1, -0.05) is 43.1 Å². The van der Waals surface area contributed by atoms with Crippen LogP contribution < -0.4 is 11.0 Å². The fraction of sp³-hybridized carbons (Fsp3) is 0.350. The van der Waals surface area contributed by atoms with E-state index in [9.17, 15) is 9.59 Å². The van der Waals surface area contributed by atoms with Gasteiger partial charge in [0.2, 0.25) is 0 Å². The maximum atomic E-state index is 12.7. The zero-order valence-corrected chi connectivity index (χ0v) is 17.4. The standard InChI is InChI=1S/C20H23ClN6O2/c1-4-6-11-27-18(21)16(13(3)24-27)12-22-23-19(28)17-14-9-7-8-10-15(14)20(29)26(5-2)25-17/h7-10,12H,4-6,11H2,1-3H3,(H,23,28)/b22-12-. The Morgan fingerprint density at radius 3 is 2.62 bits per heavy atom. The molecule has 0 unspecified atom stereocenters. The van der Waals surface area contributed by atoms with E-state index in [0.717, 1.165) is 25.1 Å². The number of nitrogens with zero attached hydrogens (tertiary/aromatic N) is 5. The normalized spacial score (nSPS) is 11.4. The highest BCUT2D eigenvalue weighted by Gasteiger charge is 2.16. The molecular formula is C20H23ClN6O2. The highest BCUT2D eigenvalue weighted by Crippen LogP contribution is 2.18. The minimum atomic E-state index is -0.508. The predicted octanol–water partition coefficient (Wildman–Crippen LogP) is 3.14. The van der Waals surface area contributed by atoms with Crippen LogP contribution in [-0.2, 0) is 13.1 Å². The highest BCUT2D eigenvalue weighted by molar-refractivity contribution is 6.32. The summed E-state index contributed by atoms with van der Waals surface area (Å²) in [5, 5.41) is 14.0. The van der Waals surface area contributed by atoms with Crippen molar-refractivity contribution in [3.8, 4) is 0 Å². The number of carbonyl (C=O) groups excluding carboxylic acids is 1. The third-order valence-corrected chi connectivity index (χ3v) is 4.97. The van der Waals surface area contributed by atoms with Gasteiger partial charge in [-0.25, -0.2) is 10.1 Å². The number of amides is 1. The first-order chi connectivity index (χ1) is 14.0. The summed E-state index contributed by atoms with van der Waals surface area (Å²) >= 11 is 6.38. The Kier molecular flexibility index (Phi) is 6.43. The number of unbranched alkanes of at least 4 members (excludes halogenated alkanes) is 1. The zero-order chi connectivity index (χ0) is 21.0. The van der Waals surface area contributed by atoms with Crippen LogP contribution >= 0.6 is 11.6 Å². The maximum Gasteiger partial charge on any atom is 0.292 e. The largest absolute Gasteiger partial charge is 0.292 e. The van der Waals surface area contributed by atoms with E-state index in [1.165, 1.54) is 10.9 Å². The Hall–Kier alpha value is -3.00. The number of halogens is 1. The second-order valence-corrected chi connectivity index (χ2v) is 6.94. The van der Waals surface area contributed by atoms with Crippen molar-refractivity contribution < 1.29 is 4.79 Å². The fourth-order valence-corrected chi connectivity index (χ4v) is 3.30. The van der Waals surface area contributed by atoms with Gasteiger partial charge in [0.05, 0.1) is 22.9 Å². The van der Waals surface area contributed by atoms with Crippen LogP contribution in [0.15, 0.2) is 34.2 Å². The SMILES string of the molecule is CCCCn1nc(C)c(/C=N\NC(=O)c2nn(CC)c(=O)c3ccccc23)c1Cl. The van der Waals surface area contributed by atoms with E-state index in [1.54, 1.807) is 35.9 Å². The van der Waals surface area contributed by atoms with E-state index in [4.69, 9.17) is 11.6 Å². The van der Waals surface area contributed by atoms with Crippen LogP contribution in [-0.4, -0.2) is 31.7 Å². The third-order valence-electron chi connectivity index (χ3n) is 4.57. The van der Waals surface area contributed by atoms with Crippen molar-refractivity contribution in [2.75, 3.05) is 0 Å². The number of rotatable bonds is 7. The zero-order valence-electron chi connectivity index (χ0n) is 16.6. The third kappa shape index (κ3) is 4.22. The van der Waals surface area contributed by atoms with Gasteiger partial charge in [0.15, 0.2) is 5.69 Å². The molecule has 0 aliphatic heterocycles. The van der Waals surface area contributed by atoms with Crippen LogP contribution in [0.3, 0.4) is 0 Å². The van der Waals surface area contributed by atoms with Crippen molar-refractivity contribution >= 4 is 34.5 Å². The summed E-state index contributed by atoms with van der Waals surface area (Å²) in [5.41, 5.74) is 3.76. The number of hydrazone groups is 1. The lowest BCUT2D eigenvalue weighted by molar-refractivity contribution is 0.0949. The molecule has 1 N–H and O–H groups in total. The number of aryl methyl sites for hydroxylation is 3. The lowest BCUT2D eigenvalue weighted by Crippen LogP contribution is -2.28. The number of aromatic nitrogens is 4. The second kappa shape index (κ2) is 9.00. The number of benzene rings is 1. The molecule has 9 heteroatoms. The molecule has 0 saturated heterocycles. The average molecular weight is 415 g/mol. The Bertz CT molecular complexity index is 1130. The summed E-state index contributed by atoms with van der Waals surface area (Å²) < 4.78 is 3.00. The van der Waals surface area contributed by atoms with Crippen LogP contribution in [0, 0.1) is 6.92 Å². The first-order valence-electron chi connectivity index (χ1n) is 9.54. The van der Waals surface area contributed by atoms with Crippen molar-refractivity contribution in [3.63, 3.8) is 0 Å². The average Bonchev–Trinajstić information content (AvgIpc) is 3.00. The lowest BCUT2D eigenvalue weighted by atomic mass is 10.1. The molecule has 152 valence electrons.